The van der Waals surface area contributed by atoms with Gasteiger partial charge in [-0.2, -0.15) is 11.8 Å². The summed E-state index contributed by atoms with van der Waals surface area (Å²) in [6, 6.07) is 0.916. The highest BCUT2D eigenvalue weighted by molar-refractivity contribution is 7.99. The zero-order valence-corrected chi connectivity index (χ0v) is 16.3. The van der Waals surface area contributed by atoms with E-state index in [9.17, 15) is 0 Å². The van der Waals surface area contributed by atoms with Gasteiger partial charge in [0.1, 0.15) is 0 Å². The van der Waals surface area contributed by atoms with Crippen LogP contribution in [0, 0.1) is 16.7 Å². The second kappa shape index (κ2) is 6.52. The lowest BCUT2D eigenvalue weighted by Crippen LogP contribution is -2.42. The summed E-state index contributed by atoms with van der Waals surface area (Å²) in [7, 11) is 2.73. The van der Waals surface area contributed by atoms with E-state index in [1.165, 1.54) is 25.0 Å². The van der Waals surface area contributed by atoms with E-state index in [0.717, 1.165) is 23.6 Å². The van der Waals surface area contributed by atoms with E-state index in [-0.39, 0.29) is 0 Å². The molecule has 0 aromatic rings. The molecule has 3 nitrogen and oxygen atoms in total. The fourth-order valence-electron chi connectivity index (χ4n) is 4.45. The first-order chi connectivity index (χ1) is 9.85. The molecule has 2 rings (SSSR count). The smallest absolute Gasteiger partial charge is 0.377 e. The molecule has 5 heteroatoms. The van der Waals surface area contributed by atoms with Crippen LogP contribution >= 0.6 is 11.8 Å². The minimum absolute atomic E-state index is 0.523. The zero-order chi connectivity index (χ0) is 15.7. The van der Waals surface area contributed by atoms with E-state index < -0.39 is 8.80 Å². The lowest BCUT2D eigenvalue weighted by molar-refractivity contribution is 0.123. The van der Waals surface area contributed by atoms with Crippen molar-refractivity contribution in [2.45, 2.75) is 57.7 Å². The summed E-state index contributed by atoms with van der Waals surface area (Å²) < 4.78 is 16.5. The van der Waals surface area contributed by atoms with E-state index in [2.05, 4.69) is 32.5 Å². The molecule has 0 heterocycles. The summed E-state index contributed by atoms with van der Waals surface area (Å²) in [4.78, 5) is 0. The maximum Gasteiger partial charge on any atom is 0.500 e. The Balaban J connectivity index is 1.81. The highest BCUT2D eigenvalue weighted by Gasteiger charge is 2.61. The molecular weight excluding hydrogens is 300 g/mol. The van der Waals surface area contributed by atoms with E-state index >= 15 is 0 Å². The fraction of sp³-hybridized carbons (Fsp3) is 1.00. The molecule has 0 saturated heterocycles. The van der Waals surface area contributed by atoms with Crippen LogP contribution in [-0.2, 0) is 13.3 Å². The Morgan fingerprint density at radius 3 is 2.14 bits per heavy atom. The fourth-order valence-corrected chi connectivity index (χ4v) is 8.18. The van der Waals surface area contributed by atoms with Crippen molar-refractivity contribution >= 4 is 20.6 Å². The minimum atomic E-state index is -2.37. The molecule has 0 aromatic carbocycles. The van der Waals surface area contributed by atoms with Crippen LogP contribution in [0.5, 0.6) is 0 Å². The normalized spacial score (nSPS) is 34.6. The van der Waals surface area contributed by atoms with Crippen molar-refractivity contribution < 1.29 is 13.3 Å². The Kier molecular flexibility index (Phi) is 5.52. The number of thioether (sulfide) groups is 1. The van der Waals surface area contributed by atoms with Crippen LogP contribution < -0.4 is 0 Å². The molecule has 2 aliphatic rings. The van der Waals surface area contributed by atoms with Crippen molar-refractivity contribution in [3.8, 4) is 0 Å². The van der Waals surface area contributed by atoms with Gasteiger partial charge in [-0.3, -0.25) is 0 Å². The number of rotatable bonds is 8. The van der Waals surface area contributed by atoms with Gasteiger partial charge in [-0.1, -0.05) is 20.8 Å². The Hall–Kier alpha value is 0.447. The third-order valence-electron chi connectivity index (χ3n) is 6.59. The molecule has 0 N–H and O–H groups in total. The van der Waals surface area contributed by atoms with Gasteiger partial charge in [0, 0.05) is 32.6 Å². The maximum absolute atomic E-state index is 5.50. The van der Waals surface area contributed by atoms with Gasteiger partial charge in [-0.25, -0.2) is 0 Å². The Labute approximate surface area is 135 Å². The van der Waals surface area contributed by atoms with Crippen LogP contribution in [0.1, 0.15) is 46.5 Å². The largest absolute Gasteiger partial charge is 0.500 e. The van der Waals surface area contributed by atoms with Crippen molar-refractivity contribution in [3.05, 3.63) is 0 Å². The second-order valence-corrected chi connectivity index (χ2v) is 11.8. The summed E-state index contributed by atoms with van der Waals surface area (Å²) in [6.07, 6.45) is 5.38. The average molecular weight is 333 g/mol. The molecule has 2 fully saturated rings. The van der Waals surface area contributed by atoms with Crippen molar-refractivity contribution in [1.29, 1.82) is 0 Å². The van der Waals surface area contributed by atoms with Gasteiger partial charge >= 0.3 is 8.80 Å². The first-order valence-corrected chi connectivity index (χ1v) is 11.1. The predicted molar refractivity (Wildman–Crippen MR) is 91.7 cm³/mol. The Morgan fingerprint density at radius 2 is 1.71 bits per heavy atom. The maximum atomic E-state index is 5.50. The standard InChI is InChI=1S/C16H32O3SSi/c1-15(2)13-8-9-16(15,3)14(12-13)20-10-7-11-21(17-4,18-5)19-6/h13-14H,7-12H2,1-6H3. The monoisotopic (exact) mass is 332 g/mol. The van der Waals surface area contributed by atoms with Crippen molar-refractivity contribution in [3.63, 3.8) is 0 Å². The van der Waals surface area contributed by atoms with Crippen LogP contribution in [0.4, 0.5) is 0 Å². The van der Waals surface area contributed by atoms with E-state index in [4.69, 9.17) is 13.3 Å². The lowest BCUT2D eigenvalue weighted by Gasteiger charge is -2.39. The molecular formula is C16H32O3SSi. The first kappa shape index (κ1) is 17.8. The SMILES string of the molecule is CO[Si](CCCSC1CC2CCC1(C)C2(C)C)(OC)OC. The molecule has 3 unspecified atom stereocenters. The molecule has 0 amide bonds. The molecule has 124 valence electrons. The number of hydrogen-bond donors (Lipinski definition) is 0. The molecule has 0 spiro atoms. The number of hydrogen-bond acceptors (Lipinski definition) is 4. The third kappa shape index (κ3) is 2.96. The van der Waals surface area contributed by atoms with Gasteiger partial charge in [-0.05, 0) is 48.2 Å². The zero-order valence-electron chi connectivity index (χ0n) is 14.5. The Bertz CT molecular complexity index is 351. The number of fused-ring (bicyclic) bond motifs is 2. The predicted octanol–water partition coefficient (Wildman–Crippen LogP) is 4.20. The summed E-state index contributed by atoms with van der Waals surface area (Å²) in [6.45, 7) is 7.50. The second-order valence-electron chi connectivity index (χ2n) is 7.37. The minimum Gasteiger partial charge on any atom is -0.377 e. The van der Waals surface area contributed by atoms with Crippen LogP contribution in [0.25, 0.3) is 0 Å². The molecule has 21 heavy (non-hydrogen) atoms. The summed E-state index contributed by atoms with van der Waals surface area (Å²) in [5.74, 6) is 2.12. The van der Waals surface area contributed by atoms with Gasteiger partial charge < -0.3 is 13.3 Å². The van der Waals surface area contributed by atoms with Crippen LogP contribution in [-0.4, -0.2) is 41.1 Å². The van der Waals surface area contributed by atoms with Crippen molar-refractivity contribution in [1.82, 2.24) is 0 Å². The Morgan fingerprint density at radius 1 is 1.10 bits per heavy atom. The van der Waals surface area contributed by atoms with Gasteiger partial charge in [-0.15, -0.1) is 0 Å². The topological polar surface area (TPSA) is 27.7 Å². The van der Waals surface area contributed by atoms with Crippen LogP contribution in [0.3, 0.4) is 0 Å². The highest BCUT2D eigenvalue weighted by Crippen LogP contribution is 2.68. The van der Waals surface area contributed by atoms with Crippen LogP contribution in [0.15, 0.2) is 0 Å². The summed E-state index contributed by atoms with van der Waals surface area (Å²) in [5, 5.41) is 0.829. The average Bonchev–Trinajstić information content (AvgIpc) is 2.81. The van der Waals surface area contributed by atoms with Gasteiger partial charge in [0.2, 0.25) is 0 Å². The van der Waals surface area contributed by atoms with Crippen molar-refractivity contribution in [2.75, 3.05) is 27.1 Å². The quantitative estimate of drug-likeness (QED) is 0.492. The first-order valence-electron chi connectivity index (χ1n) is 8.12. The molecule has 3 atom stereocenters. The summed E-state index contributed by atoms with van der Waals surface area (Å²) >= 11 is 2.18. The van der Waals surface area contributed by atoms with E-state index in [0.29, 0.717) is 10.8 Å². The highest BCUT2D eigenvalue weighted by atomic mass is 32.2. The lowest BCUT2D eigenvalue weighted by atomic mass is 9.71. The molecule has 0 aliphatic heterocycles. The summed E-state index contributed by atoms with van der Waals surface area (Å²) in [5.41, 5.74) is 1.05. The van der Waals surface area contributed by atoms with Crippen LogP contribution in [0.2, 0.25) is 6.04 Å². The van der Waals surface area contributed by atoms with Gasteiger partial charge in [0.25, 0.3) is 0 Å². The molecule has 0 aromatic heterocycles. The van der Waals surface area contributed by atoms with E-state index in [1.807, 2.05) is 0 Å². The van der Waals surface area contributed by atoms with E-state index in [1.54, 1.807) is 21.3 Å². The van der Waals surface area contributed by atoms with Gasteiger partial charge in [0.05, 0.1) is 0 Å². The molecule has 2 saturated carbocycles. The molecule has 0 radical (unpaired) electrons. The third-order valence-corrected chi connectivity index (χ3v) is 11.1. The molecule has 2 aliphatic carbocycles. The van der Waals surface area contributed by atoms with Gasteiger partial charge in [0.15, 0.2) is 0 Å². The molecule has 2 bridgehead atoms. The van der Waals surface area contributed by atoms with Crippen molar-refractivity contribution in [2.24, 2.45) is 16.7 Å².